The lowest BCUT2D eigenvalue weighted by molar-refractivity contribution is 0.0862. The molecule has 0 bridgehead atoms. The molecule has 98 valence electrons. The van der Waals surface area contributed by atoms with Crippen molar-refractivity contribution >= 4 is 0 Å². The second-order valence-corrected chi connectivity index (χ2v) is 5.95. The van der Waals surface area contributed by atoms with Crippen molar-refractivity contribution in [3.05, 3.63) is 35.4 Å². The van der Waals surface area contributed by atoms with Crippen LogP contribution in [0.15, 0.2) is 24.3 Å². The monoisotopic (exact) mass is 244 g/mol. The molecule has 0 aromatic heterocycles. The van der Waals surface area contributed by atoms with Crippen molar-refractivity contribution in [2.45, 2.75) is 50.6 Å². The van der Waals surface area contributed by atoms with Gasteiger partial charge in [-0.1, -0.05) is 31.2 Å². The Morgan fingerprint density at radius 2 is 1.94 bits per heavy atom. The minimum absolute atomic E-state index is 0.209. The van der Waals surface area contributed by atoms with Crippen LogP contribution in [0.3, 0.4) is 0 Å². The van der Waals surface area contributed by atoms with Gasteiger partial charge in [-0.25, -0.2) is 0 Å². The zero-order valence-electron chi connectivity index (χ0n) is 11.4. The smallest absolute Gasteiger partial charge is 0.0415 e. The molecular weight excluding hydrogens is 220 g/mol. The van der Waals surface area contributed by atoms with E-state index in [1.165, 1.54) is 36.9 Å². The van der Waals surface area contributed by atoms with Crippen LogP contribution in [0.2, 0.25) is 0 Å². The molecule has 2 heteroatoms. The van der Waals surface area contributed by atoms with Gasteiger partial charge in [0, 0.05) is 18.1 Å². The van der Waals surface area contributed by atoms with Crippen molar-refractivity contribution in [2.24, 2.45) is 5.73 Å². The fourth-order valence-corrected chi connectivity index (χ4v) is 4.02. The third-order valence-corrected chi connectivity index (χ3v) is 5.00. The predicted molar refractivity (Wildman–Crippen MR) is 75.7 cm³/mol. The number of rotatable bonds is 3. The van der Waals surface area contributed by atoms with E-state index in [-0.39, 0.29) is 5.54 Å². The molecule has 1 aromatic carbocycles. The minimum Gasteiger partial charge on any atom is -0.329 e. The molecule has 0 amide bonds. The van der Waals surface area contributed by atoms with Gasteiger partial charge in [0.05, 0.1) is 0 Å². The van der Waals surface area contributed by atoms with Crippen LogP contribution in [0, 0.1) is 0 Å². The van der Waals surface area contributed by atoms with E-state index >= 15 is 0 Å². The molecule has 2 nitrogen and oxygen atoms in total. The third kappa shape index (κ3) is 1.79. The van der Waals surface area contributed by atoms with Crippen molar-refractivity contribution in [1.82, 2.24) is 4.90 Å². The number of fused-ring (bicyclic) bond motifs is 1. The van der Waals surface area contributed by atoms with Gasteiger partial charge in [-0.3, -0.25) is 4.90 Å². The van der Waals surface area contributed by atoms with Gasteiger partial charge >= 0.3 is 0 Å². The van der Waals surface area contributed by atoms with Crippen LogP contribution in [0.4, 0.5) is 0 Å². The molecule has 1 saturated heterocycles. The predicted octanol–water partition coefficient (Wildman–Crippen LogP) is 2.36. The molecule has 2 aliphatic rings. The number of hydrogen-bond acceptors (Lipinski definition) is 2. The van der Waals surface area contributed by atoms with Crippen molar-refractivity contribution in [1.29, 1.82) is 0 Å². The molecule has 1 atom stereocenters. The Labute approximate surface area is 110 Å². The van der Waals surface area contributed by atoms with Gasteiger partial charge < -0.3 is 5.73 Å². The number of nitrogens with two attached hydrogens (primary N) is 1. The van der Waals surface area contributed by atoms with Gasteiger partial charge in [0.25, 0.3) is 0 Å². The lowest BCUT2D eigenvalue weighted by Gasteiger charge is -2.41. The average molecular weight is 244 g/mol. The Morgan fingerprint density at radius 3 is 2.50 bits per heavy atom. The highest BCUT2D eigenvalue weighted by atomic mass is 15.3. The topological polar surface area (TPSA) is 29.3 Å². The lowest BCUT2D eigenvalue weighted by atomic mass is 9.92. The summed E-state index contributed by atoms with van der Waals surface area (Å²) in [6.45, 7) is 4.34. The summed E-state index contributed by atoms with van der Waals surface area (Å²) in [5.74, 6) is 0. The summed E-state index contributed by atoms with van der Waals surface area (Å²) in [5, 5.41) is 0. The lowest BCUT2D eigenvalue weighted by Crippen LogP contribution is -2.56. The van der Waals surface area contributed by atoms with Gasteiger partial charge in [0.2, 0.25) is 0 Å². The van der Waals surface area contributed by atoms with Crippen LogP contribution in [0.25, 0.3) is 0 Å². The molecular formula is C16H24N2. The summed E-state index contributed by atoms with van der Waals surface area (Å²) in [4.78, 5) is 2.73. The molecule has 0 spiro atoms. The molecule has 1 fully saturated rings. The molecule has 1 unspecified atom stereocenters. The Hall–Kier alpha value is -0.860. The second kappa shape index (κ2) is 4.67. The van der Waals surface area contributed by atoms with Crippen molar-refractivity contribution < 1.29 is 0 Å². The maximum absolute atomic E-state index is 6.20. The second-order valence-electron chi connectivity index (χ2n) is 5.95. The third-order valence-electron chi connectivity index (χ3n) is 5.00. The first-order valence-electron chi connectivity index (χ1n) is 7.33. The molecule has 1 aliphatic heterocycles. The molecule has 18 heavy (non-hydrogen) atoms. The number of likely N-dealkylation sites (tertiary alicyclic amines) is 1. The van der Waals surface area contributed by atoms with Crippen LogP contribution in [0.1, 0.15) is 37.3 Å². The van der Waals surface area contributed by atoms with E-state index in [1.807, 2.05) is 0 Å². The maximum atomic E-state index is 6.20. The molecule has 1 aromatic rings. The van der Waals surface area contributed by atoms with Crippen LogP contribution in [-0.4, -0.2) is 29.6 Å². The highest BCUT2D eigenvalue weighted by Gasteiger charge is 2.44. The molecule has 1 heterocycles. The fraction of sp³-hybridized carbons (Fsp3) is 0.625. The van der Waals surface area contributed by atoms with Crippen LogP contribution in [0.5, 0.6) is 0 Å². The van der Waals surface area contributed by atoms with Gasteiger partial charge in [0.15, 0.2) is 0 Å². The summed E-state index contributed by atoms with van der Waals surface area (Å²) >= 11 is 0. The average Bonchev–Trinajstić information content (AvgIpc) is 3.02. The first kappa shape index (κ1) is 12.2. The maximum Gasteiger partial charge on any atom is 0.0415 e. The van der Waals surface area contributed by atoms with Crippen molar-refractivity contribution in [3.8, 4) is 0 Å². The summed E-state index contributed by atoms with van der Waals surface area (Å²) in [5.41, 5.74) is 9.45. The fourth-order valence-electron chi connectivity index (χ4n) is 4.02. The number of hydrogen-bond donors (Lipinski definition) is 1. The number of nitrogens with zero attached hydrogens (tertiary/aromatic N) is 1. The van der Waals surface area contributed by atoms with E-state index in [0.29, 0.717) is 0 Å². The number of benzene rings is 1. The molecule has 2 N–H and O–H groups in total. The van der Waals surface area contributed by atoms with Gasteiger partial charge in [-0.2, -0.15) is 0 Å². The first-order valence-corrected chi connectivity index (χ1v) is 7.33. The Bertz CT molecular complexity index is 402. The van der Waals surface area contributed by atoms with Gasteiger partial charge in [-0.05, 0) is 49.8 Å². The summed E-state index contributed by atoms with van der Waals surface area (Å²) < 4.78 is 0. The minimum atomic E-state index is 0.209. The van der Waals surface area contributed by atoms with Crippen molar-refractivity contribution in [3.63, 3.8) is 0 Å². The van der Waals surface area contributed by atoms with E-state index in [0.717, 1.165) is 25.4 Å². The molecule has 1 aliphatic carbocycles. The Balaban J connectivity index is 1.90. The van der Waals surface area contributed by atoms with E-state index in [4.69, 9.17) is 5.73 Å². The largest absolute Gasteiger partial charge is 0.329 e. The van der Waals surface area contributed by atoms with Crippen molar-refractivity contribution in [2.75, 3.05) is 13.1 Å². The zero-order valence-corrected chi connectivity index (χ0v) is 11.4. The van der Waals surface area contributed by atoms with E-state index in [1.54, 1.807) is 0 Å². The quantitative estimate of drug-likeness (QED) is 0.884. The van der Waals surface area contributed by atoms with Crippen LogP contribution in [-0.2, 0) is 12.8 Å². The van der Waals surface area contributed by atoms with E-state index < -0.39 is 0 Å². The summed E-state index contributed by atoms with van der Waals surface area (Å²) in [7, 11) is 0. The summed E-state index contributed by atoms with van der Waals surface area (Å²) in [6.07, 6.45) is 6.26. The van der Waals surface area contributed by atoms with Gasteiger partial charge in [-0.15, -0.1) is 0 Å². The van der Waals surface area contributed by atoms with E-state index in [2.05, 4.69) is 36.1 Å². The van der Waals surface area contributed by atoms with Crippen LogP contribution < -0.4 is 5.73 Å². The highest BCUT2D eigenvalue weighted by Crippen LogP contribution is 2.38. The Kier molecular flexibility index (Phi) is 3.16. The molecule has 3 rings (SSSR count). The van der Waals surface area contributed by atoms with E-state index in [9.17, 15) is 0 Å². The molecule has 0 radical (unpaired) electrons. The first-order chi connectivity index (χ1) is 8.79. The SMILES string of the molecule is CCC1CCCN1C1(CN)Cc2ccccc2C1. The normalized spacial score (nSPS) is 26.4. The van der Waals surface area contributed by atoms with Gasteiger partial charge in [0.1, 0.15) is 0 Å². The Morgan fingerprint density at radius 1 is 1.28 bits per heavy atom. The molecule has 0 saturated carbocycles. The highest BCUT2D eigenvalue weighted by molar-refractivity contribution is 5.37. The zero-order chi connectivity index (χ0) is 12.6. The summed E-state index contributed by atoms with van der Waals surface area (Å²) in [6, 6.07) is 9.63. The van der Waals surface area contributed by atoms with Crippen LogP contribution >= 0.6 is 0 Å². The standard InChI is InChI=1S/C16H24N2/c1-2-15-8-5-9-18(15)16(12-17)10-13-6-3-4-7-14(13)11-16/h3-4,6-7,15H,2,5,8-12,17H2,1H3.